The summed E-state index contributed by atoms with van der Waals surface area (Å²) >= 11 is 11.7. The first-order valence-corrected chi connectivity index (χ1v) is 20.3. The van der Waals surface area contributed by atoms with E-state index in [-0.39, 0.29) is 57.4 Å². The molecule has 0 bridgehead atoms. The van der Waals surface area contributed by atoms with Crippen molar-refractivity contribution >= 4 is 67.5 Å². The van der Waals surface area contributed by atoms with Gasteiger partial charge in [-0.1, -0.05) is 197 Å². The largest absolute Gasteiger partial charge is 3.00 e. The molecule has 6 aromatic rings. The quantitative estimate of drug-likeness (QED) is 0.0729. The summed E-state index contributed by atoms with van der Waals surface area (Å²) in [4.78, 5) is 0. The van der Waals surface area contributed by atoms with Crippen LogP contribution in [0.3, 0.4) is 0 Å². The summed E-state index contributed by atoms with van der Waals surface area (Å²) < 4.78 is 0. The number of phenolic OH excluding ortho intramolecular Hbond substituents is 1. The second-order valence-electron chi connectivity index (χ2n) is 13.6. The number of hydrogen-bond acceptors (Lipinski definition) is 9. The van der Waals surface area contributed by atoms with E-state index in [0.717, 1.165) is 22.7 Å². The maximum atomic E-state index is 11.9. The fourth-order valence-electron chi connectivity index (χ4n) is 6.02. The van der Waals surface area contributed by atoms with Crippen LogP contribution in [0.1, 0.15) is 84.0 Å². The Balaban J connectivity index is 0.000000235. The molecular formula is C46H50Cl2CrN5O4. The molecule has 0 unspecified atom stereocenters. The molecule has 0 saturated carbocycles. The van der Waals surface area contributed by atoms with Crippen LogP contribution in [0.2, 0.25) is 10.0 Å². The predicted octanol–water partition coefficient (Wildman–Crippen LogP) is 13.4. The first-order chi connectivity index (χ1) is 27.7. The number of fused-ring (bicyclic) bond motifs is 2. The molecule has 9 nitrogen and oxygen atoms in total. The van der Waals surface area contributed by atoms with E-state index in [2.05, 4.69) is 27.4 Å². The average Bonchev–Trinajstić information content (AvgIpc) is 3.22. The molecule has 0 aromatic heterocycles. The van der Waals surface area contributed by atoms with Crippen LogP contribution in [0.5, 0.6) is 23.0 Å². The first kappa shape index (κ1) is 47.7. The molecule has 0 amide bonds. The number of hydrogen-bond donors (Lipinski definition) is 2. The Morgan fingerprint density at radius 3 is 1.41 bits per heavy atom. The number of aromatic hydroxyl groups is 1. The number of azo groups is 2. The molecule has 0 aliphatic carbocycles. The minimum atomic E-state index is -0.296. The third-order valence-corrected chi connectivity index (χ3v) is 9.63. The number of halogens is 2. The minimum Gasteiger partial charge on any atom is -0.871 e. The summed E-state index contributed by atoms with van der Waals surface area (Å²) in [5.41, 5.74) is 6.23. The van der Waals surface area contributed by atoms with Crippen LogP contribution in [0.15, 0.2) is 130 Å². The van der Waals surface area contributed by atoms with Gasteiger partial charge in [0.15, 0.2) is 0 Å². The standard InChI is InChI=1S/2C16H11ClN2O2.C14H31N.Cr/c2*17-11-6-8-14(20)13(9-11)18-19-16-12-4-2-1-3-10(12)5-7-15(16)21;1-2-3-4-5-6-7-8-9-10-11-12-13-14-15;/h2*1-9,20-21H;2-15H2,1H3;/q;;;+3/p-3. The van der Waals surface area contributed by atoms with E-state index in [1.165, 1.54) is 120 Å². The normalized spacial score (nSPS) is 11.0. The molecule has 303 valence electrons. The Labute approximate surface area is 362 Å². The SMILES string of the molecule is CCCCCCCCCCCCCCN.[Cr+3].[O-]c1ccc(Cl)cc1N=Nc1c(O)ccc2ccccc12.[O-]c1ccc(Cl)cc1N=Nc1c([O-])ccc2ccccc12. The third-order valence-electron chi connectivity index (χ3n) is 9.16. The summed E-state index contributed by atoms with van der Waals surface area (Å²) in [5, 5.41) is 65.1. The van der Waals surface area contributed by atoms with Gasteiger partial charge in [0.25, 0.3) is 0 Å². The van der Waals surface area contributed by atoms with Crippen molar-refractivity contribution in [3.05, 3.63) is 119 Å². The number of benzene rings is 6. The van der Waals surface area contributed by atoms with Crippen LogP contribution in [0.25, 0.3) is 21.5 Å². The Bertz CT molecular complexity index is 2070. The topological polar surface area (TPSA) is 165 Å². The molecule has 3 N–H and O–H groups in total. The summed E-state index contributed by atoms with van der Waals surface area (Å²) in [6.07, 6.45) is 16.9. The maximum Gasteiger partial charge on any atom is 3.00 e. The average molecular weight is 860 g/mol. The van der Waals surface area contributed by atoms with Gasteiger partial charge < -0.3 is 26.2 Å². The van der Waals surface area contributed by atoms with Crippen molar-refractivity contribution in [3.8, 4) is 23.0 Å². The van der Waals surface area contributed by atoms with Crippen LogP contribution in [-0.4, -0.2) is 11.7 Å². The Morgan fingerprint density at radius 1 is 0.500 bits per heavy atom. The molecule has 0 aliphatic rings. The molecule has 0 saturated heterocycles. The van der Waals surface area contributed by atoms with Crippen molar-refractivity contribution in [2.45, 2.75) is 84.0 Å². The van der Waals surface area contributed by atoms with Gasteiger partial charge in [-0.3, -0.25) is 0 Å². The number of phenols is 1. The number of rotatable bonds is 16. The predicted molar refractivity (Wildman–Crippen MR) is 229 cm³/mol. The molecule has 58 heavy (non-hydrogen) atoms. The summed E-state index contributed by atoms with van der Waals surface area (Å²) in [6, 6.07) is 29.9. The van der Waals surface area contributed by atoms with Crippen molar-refractivity contribution in [2.24, 2.45) is 26.2 Å². The molecule has 6 aromatic carbocycles. The molecule has 0 atom stereocenters. The zero-order valence-corrected chi connectivity index (χ0v) is 35.6. The second kappa shape index (κ2) is 26.3. The molecular weight excluding hydrogens is 809 g/mol. The van der Waals surface area contributed by atoms with Gasteiger partial charge >= 0.3 is 17.4 Å². The number of unbranched alkanes of at least 4 members (excludes halogenated alkanes) is 11. The molecule has 0 fully saturated rings. The molecule has 0 heterocycles. The van der Waals surface area contributed by atoms with Crippen molar-refractivity contribution in [2.75, 3.05) is 6.54 Å². The van der Waals surface area contributed by atoms with Gasteiger partial charge in [-0.25, -0.2) is 0 Å². The minimum absolute atomic E-state index is 0. The van der Waals surface area contributed by atoms with Crippen LogP contribution in [0.4, 0.5) is 22.7 Å². The van der Waals surface area contributed by atoms with Crippen molar-refractivity contribution in [1.29, 1.82) is 0 Å². The summed E-state index contributed by atoms with van der Waals surface area (Å²) in [7, 11) is 0. The van der Waals surface area contributed by atoms with Crippen LogP contribution < -0.4 is 21.1 Å². The third kappa shape index (κ3) is 15.6. The first-order valence-electron chi connectivity index (χ1n) is 19.6. The number of nitrogens with two attached hydrogens (primary N) is 1. The molecule has 12 heteroatoms. The molecule has 0 aliphatic heterocycles. The van der Waals surface area contributed by atoms with E-state index in [4.69, 9.17) is 28.9 Å². The summed E-state index contributed by atoms with van der Waals surface area (Å²) in [6.45, 7) is 3.15. The van der Waals surface area contributed by atoms with E-state index >= 15 is 0 Å². The summed E-state index contributed by atoms with van der Waals surface area (Å²) in [5.74, 6) is -0.808. The van der Waals surface area contributed by atoms with Gasteiger partial charge in [-0.05, 0) is 54.1 Å². The van der Waals surface area contributed by atoms with Crippen molar-refractivity contribution in [3.63, 3.8) is 0 Å². The van der Waals surface area contributed by atoms with E-state index < -0.39 is 0 Å². The Hall–Kier alpha value is -4.69. The van der Waals surface area contributed by atoms with Gasteiger partial charge in [-0.2, -0.15) is 15.3 Å². The molecule has 0 spiro atoms. The second-order valence-corrected chi connectivity index (χ2v) is 14.5. The Kier molecular flexibility index (Phi) is 21.7. The van der Waals surface area contributed by atoms with Gasteiger partial charge in [0.05, 0.1) is 17.1 Å². The monoisotopic (exact) mass is 858 g/mol. The molecule has 1 radical (unpaired) electrons. The van der Waals surface area contributed by atoms with Crippen molar-refractivity contribution < 1.29 is 37.8 Å². The van der Waals surface area contributed by atoms with Gasteiger partial charge in [0.2, 0.25) is 0 Å². The molecule has 6 rings (SSSR count). The fraction of sp³-hybridized carbons (Fsp3) is 0.304. The fourth-order valence-corrected chi connectivity index (χ4v) is 6.35. The van der Waals surface area contributed by atoms with Gasteiger partial charge in [-0.15, -0.1) is 5.11 Å². The van der Waals surface area contributed by atoms with E-state index in [1.54, 1.807) is 24.3 Å². The van der Waals surface area contributed by atoms with Crippen molar-refractivity contribution in [1.82, 2.24) is 0 Å². The van der Waals surface area contributed by atoms with Crippen LogP contribution in [0, 0.1) is 0 Å². The number of nitrogens with zero attached hydrogens (tertiary/aromatic N) is 4. The Morgan fingerprint density at radius 2 is 0.914 bits per heavy atom. The van der Waals surface area contributed by atoms with Gasteiger partial charge in [0.1, 0.15) is 11.4 Å². The van der Waals surface area contributed by atoms with E-state index in [1.807, 2.05) is 42.5 Å². The van der Waals surface area contributed by atoms with E-state index in [0.29, 0.717) is 21.1 Å². The van der Waals surface area contributed by atoms with E-state index in [9.17, 15) is 20.4 Å². The van der Waals surface area contributed by atoms with Crippen LogP contribution >= 0.6 is 23.2 Å². The van der Waals surface area contributed by atoms with Crippen LogP contribution in [-0.2, 0) is 17.4 Å². The smallest absolute Gasteiger partial charge is 0.871 e. The maximum absolute atomic E-state index is 11.9. The van der Waals surface area contributed by atoms with Gasteiger partial charge in [0, 0.05) is 20.8 Å². The zero-order chi connectivity index (χ0) is 40.8. The zero-order valence-electron chi connectivity index (χ0n) is 32.8.